The van der Waals surface area contributed by atoms with Crippen LogP contribution in [0.1, 0.15) is 0 Å². The highest BCUT2D eigenvalue weighted by atomic mass is 79.9. The van der Waals surface area contributed by atoms with Crippen LogP contribution in [-0.4, -0.2) is 8.80 Å². The Morgan fingerprint density at radius 1 is 0.409 bits per heavy atom. The maximum atomic E-state index is 3.53. The summed E-state index contributed by atoms with van der Waals surface area (Å²) in [5.41, 5.74) is 0. The van der Waals surface area contributed by atoms with Gasteiger partial charge in [0.1, 0.15) is 0 Å². The van der Waals surface area contributed by atoms with Crippen molar-refractivity contribution in [2.24, 2.45) is 0 Å². The third kappa shape index (κ3) is 3.80. The lowest BCUT2D eigenvalue weighted by molar-refractivity contribution is 1.65. The lowest BCUT2D eigenvalue weighted by Gasteiger charge is -2.17. The molecule has 0 aliphatic rings. The van der Waals surface area contributed by atoms with Crippen molar-refractivity contribution in [1.29, 1.82) is 0 Å². The van der Waals surface area contributed by atoms with Gasteiger partial charge in [-0.25, -0.2) is 0 Å². The summed E-state index contributed by atoms with van der Waals surface area (Å²) in [5.74, 6) is 0. The predicted molar refractivity (Wildman–Crippen MR) is 107 cm³/mol. The second-order valence-electron chi connectivity index (χ2n) is 4.90. The number of halogens is 3. The molecule has 0 bridgehead atoms. The van der Waals surface area contributed by atoms with Crippen molar-refractivity contribution < 1.29 is 0 Å². The van der Waals surface area contributed by atoms with Crippen molar-refractivity contribution in [1.82, 2.24) is 0 Å². The molecule has 0 spiro atoms. The van der Waals surface area contributed by atoms with E-state index >= 15 is 0 Å². The third-order valence-corrected chi connectivity index (χ3v) is 7.72. The zero-order valence-electron chi connectivity index (χ0n) is 11.6. The van der Waals surface area contributed by atoms with Gasteiger partial charge < -0.3 is 0 Å². The number of hydrogen-bond acceptors (Lipinski definition) is 0. The van der Waals surface area contributed by atoms with Gasteiger partial charge in [0.2, 0.25) is 0 Å². The molecule has 109 valence electrons. The molecule has 3 rings (SSSR count). The van der Waals surface area contributed by atoms with Gasteiger partial charge in [-0.15, -0.1) is 0 Å². The Hall–Kier alpha value is -0.683. The Balaban J connectivity index is 2.10. The summed E-state index contributed by atoms with van der Waals surface area (Å²) < 4.78 is 3.35. The smallest absolute Gasteiger partial charge is 0.0613 e. The highest BCUT2D eigenvalue weighted by Crippen LogP contribution is 2.10. The summed E-state index contributed by atoms with van der Waals surface area (Å²) in [7, 11) is -0.989. The minimum absolute atomic E-state index is 0.989. The maximum absolute atomic E-state index is 3.53. The second kappa shape index (κ2) is 7.26. The molecule has 1 radical (unpaired) electrons. The molecule has 0 atom stereocenters. The zero-order valence-corrected chi connectivity index (χ0v) is 17.3. The molecule has 0 saturated carbocycles. The van der Waals surface area contributed by atoms with Gasteiger partial charge in [0.25, 0.3) is 0 Å². The topological polar surface area (TPSA) is 0 Å². The SMILES string of the molecule is Brc1ccc([Si](c2ccc(Br)cc2)c2ccc(Br)cc2)cc1. The van der Waals surface area contributed by atoms with Gasteiger partial charge >= 0.3 is 0 Å². The van der Waals surface area contributed by atoms with Gasteiger partial charge in [-0.3, -0.25) is 0 Å². The fourth-order valence-electron chi connectivity index (χ4n) is 2.35. The first-order valence-electron chi connectivity index (χ1n) is 6.78. The fraction of sp³-hybridized carbons (Fsp3) is 0. The van der Waals surface area contributed by atoms with E-state index in [1.54, 1.807) is 0 Å². The molecule has 22 heavy (non-hydrogen) atoms. The third-order valence-electron chi connectivity index (χ3n) is 3.40. The van der Waals surface area contributed by atoms with Crippen molar-refractivity contribution in [2.45, 2.75) is 0 Å². The summed E-state index contributed by atoms with van der Waals surface area (Å²) >= 11 is 10.6. The van der Waals surface area contributed by atoms with Crippen LogP contribution in [0.4, 0.5) is 0 Å². The Morgan fingerprint density at radius 2 is 0.636 bits per heavy atom. The van der Waals surface area contributed by atoms with E-state index < -0.39 is 8.80 Å². The first-order valence-corrected chi connectivity index (χ1v) is 10.7. The molecule has 0 heterocycles. The van der Waals surface area contributed by atoms with E-state index in [-0.39, 0.29) is 0 Å². The minimum Gasteiger partial charge on any atom is -0.0613 e. The molecule has 0 aromatic heterocycles. The molecular weight excluding hydrogens is 484 g/mol. The molecule has 0 N–H and O–H groups in total. The van der Waals surface area contributed by atoms with Crippen LogP contribution < -0.4 is 15.6 Å². The molecule has 3 aromatic carbocycles. The molecule has 0 aliphatic heterocycles. The summed E-state index contributed by atoms with van der Waals surface area (Å²) in [6.45, 7) is 0. The zero-order chi connectivity index (χ0) is 15.5. The van der Waals surface area contributed by atoms with Crippen LogP contribution in [0, 0.1) is 0 Å². The largest absolute Gasteiger partial charge is 0.154 e. The van der Waals surface area contributed by atoms with Crippen LogP contribution in [-0.2, 0) is 0 Å². The molecule has 0 saturated heterocycles. The average Bonchev–Trinajstić information content (AvgIpc) is 2.53. The van der Waals surface area contributed by atoms with Crippen molar-refractivity contribution in [3.05, 3.63) is 86.2 Å². The van der Waals surface area contributed by atoms with Gasteiger partial charge in [-0.2, -0.15) is 0 Å². The molecule has 0 aliphatic carbocycles. The van der Waals surface area contributed by atoms with Crippen molar-refractivity contribution in [3.63, 3.8) is 0 Å². The quantitative estimate of drug-likeness (QED) is 0.371. The summed E-state index contributed by atoms with van der Waals surface area (Å²) in [6, 6.07) is 26.1. The van der Waals surface area contributed by atoms with Crippen molar-refractivity contribution in [3.8, 4) is 0 Å². The van der Waals surface area contributed by atoms with Gasteiger partial charge in [0.15, 0.2) is 8.80 Å². The Morgan fingerprint density at radius 3 is 0.864 bits per heavy atom. The van der Waals surface area contributed by atoms with E-state index in [4.69, 9.17) is 0 Å². The van der Waals surface area contributed by atoms with Gasteiger partial charge in [0.05, 0.1) is 0 Å². The standard InChI is InChI=1S/C18H12Br3Si/c19-13-1-7-16(8-2-13)22(17-9-3-14(20)4-10-17)18-11-5-15(21)6-12-18/h1-12H. The van der Waals surface area contributed by atoms with E-state index in [9.17, 15) is 0 Å². The van der Waals surface area contributed by atoms with Crippen molar-refractivity contribution in [2.75, 3.05) is 0 Å². The number of hydrogen-bond donors (Lipinski definition) is 0. The van der Waals surface area contributed by atoms with Gasteiger partial charge in [-0.1, -0.05) is 99.7 Å². The Kier molecular flexibility index (Phi) is 5.34. The highest BCUT2D eigenvalue weighted by Gasteiger charge is 2.19. The van der Waals surface area contributed by atoms with E-state index in [1.807, 2.05) is 0 Å². The average molecular weight is 496 g/mol. The first kappa shape index (κ1) is 16.2. The van der Waals surface area contributed by atoms with Crippen LogP contribution in [0.2, 0.25) is 0 Å². The van der Waals surface area contributed by atoms with Crippen LogP contribution >= 0.6 is 47.8 Å². The van der Waals surface area contributed by atoms with E-state index in [0.29, 0.717) is 0 Å². The van der Waals surface area contributed by atoms with E-state index in [2.05, 4.69) is 121 Å². The lowest BCUT2D eigenvalue weighted by Crippen LogP contribution is -2.51. The monoisotopic (exact) mass is 493 g/mol. The maximum Gasteiger partial charge on any atom is 0.154 e. The molecular formula is C18H12Br3Si. The Bertz CT molecular complexity index is 642. The van der Waals surface area contributed by atoms with Crippen LogP contribution in [0.3, 0.4) is 0 Å². The summed E-state index contributed by atoms with van der Waals surface area (Å²) in [5, 5.41) is 4.16. The first-order chi connectivity index (χ1) is 10.6. The predicted octanol–water partition coefficient (Wildman–Crippen LogP) is 4.49. The summed E-state index contributed by atoms with van der Waals surface area (Å²) in [6.07, 6.45) is 0. The highest BCUT2D eigenvalue weighted by molar-refractivity contribution is 9.11. The molecule has 4 heteroatoms. The second-order valence-corrected chi connectivity index (χ2v) is 10.1. The summed E-state index contributed by atoms with van der Waals surface area (Å²) in [4.78, 5) is 0. The lowest BCUT2D eigenvalue weighted by atomic mass is 10.3. The molecule has 0 unspecified atom stereocenters. The molecule has 0 nitrogen and oxygen atoms in total. The normalized spacial score (nSPS) is 10.9. The number of rotatable bonds is 3. The van der Waals surface area contributed by atoms with Gasteiger partial charge in [-0.05, 0) is 36.4 Å². The fourth-order valence-corrected chi connectivity index (χ4v) is 5.64. The Labute approximate surface area is 157 Å². The van der Waals surface area contributed by atoms with Crippen LogP contribution in [0.15, 0.2) is 86.2 Å². The van der Waals surface area contributed by atoms with Crippen LogP contribution in [0.5, 0.6) is 0 Å². The molecule has 0 amide bonds. The molecule has 3 aromatic rings. The minimum atomic E-state index is -0.989. The van der Waals surface area contributed by atoms with E-state index in [1.165, 1.54) is 15.6 Å². The van der Waals surface area contributed by atoms with Crippen molar-refractivity contribution >= 4 is 72.1 Å². The van der Waals surface area contributed by atoms with Gasteiger partial charge in [0, 0.05) is 13.4 Å². The van der Waals surface area contributed by atoms with E-state index in [0.717, 1.165) is 13.4 Å². The van der Waals surface area contributed by atoms with Crippen LogP contribution in [0.25, 0.3) is 0 Å². The number of benzene rings is 3. The molecule has 0 fully saturated rings.